The molecule has 1 aliphatic rings. The van der Waals surface area contributed by atoms with Crippen molar-refractivity contribution < 1.29 is 0 Å². The van der Waals surface area contributed by atoms with Gasteiger partial charge in [0.25, 0.3) is 0 Å². The van der Waals surface area contributed by atoms with Crippen molar-refractivity contribution in [2.75, 3.05) is 0 Å². The van der Waals surface area contributed by atoms with E-state index in [0.717, 1.165) is 0 Å². The Morgan fingerprint density at radius 2 is 2.18 bits per heavy atom. The topological polar surface area (TPSA) is 0 Å². The first-order valence-corrected chi connectivity index (χ1v) is 4.60. The number of benzene rings is 1. The number of aryl methyl sites for hydroxylation is 1. The second-order valence-corrected chi connectivity index (χ2v) is 3.70. The Bertz CT molecular complexity index is 300. The number of allylic oxidation sites excluding steroid dienone is 1. The van der Waals surface area contributed by atoms with Crippen LogP contribution in [0.2, 0.25) is 0 Å². The van der Waals surface area contributed by atoms with E-state index in [2.05, 4.69) is 46.3 Å². The second-order valence-electron chi connectivity index (χ2n) is 2.78. The van der Waals surface area contributed by atoms with Crippen LogP contribution in [0.5, 0.6) is 0 Å². The molecule has 1 heteroatoms. The van der Waals surface area contributed by atoms with Gasteiger partial charge in [-0.05, 0) is 36.1 Å². The monoisotopic (exact) mass is 208 g/mol. The maximum absolute atomic E-state index is 3.47. The maximum atomic E-state index is 3.47. The molecule has 0 spiro atoms. The lowest BCUT2D eigenvalue weighted by molar-refractivity contribution is 0.984. The number of hydrogen-bond acceptors (Lipinski definition) is 0. The molecule has 1 aromatic carbocycles. The molecule has 0 nitrogen and oxygen atoms in total. The summed E-state index contributed by atoms with van der Waals surface area (Å²) < 4.78 is 1.19. The Balaban J connectivity index is 2.53. The van der Waals surface area contributed by atoms with Crippen LogP contribution in [-0.2, 0) is 6.42 Å². The van der Waals surface area contributed by atoms with Gasteiger partial charge in [0.15, 0.2) is 0 Å². The molecule has 0 bridgehead atoms. The van der Waals surface area contributed by atoms with E-state index in [9.17, 15) is 0 Å². The third-order valence-corrected chi connectivity index (χ3v) is 2.48. The first kappa shape index (κ1) is 7.11. The molecular formula is C10H9Br. The van der Waals surface area contributed by atoms with E-state index in [1.807, 2.05) is 0 Å². The standard InChI is InChI=1S/C10H9Br/c11-10-6-5-8-3-1-2-4-9(8)7-10/h1,3,5-7H,2,4H2. The molecule has 0 amide bonds. The first-order valence-electron chi connectivity index (χ1n) is 3.81. The van der Waals surface area contributed by atoms with Gasteiger partial charge in [-0.2, -0.15) is 0 Å². The summed E-state index contributed by atoms with van der Waals surface area (Å²) in [6.07, 6.45) is 6.80. The van der Waals surface area contributed by atoms with Gasteiger partial charge in [0.05, 0.1) is 0 Å². The van der Waals surface area contributed by atoms with Crippen molar-refractivity contribution in [3.63, 3.8) is 0 Å². The van der Waals surface area contributed by atoms with Crippen LogP contribution >= 0.6 is 15.9 Å². The molecule has 11 heavy (non-hydrogen) atoms. The Morgan fingerprint density at radius 3 is 3.09 bits per heavy atom. The largest absolute Gasteiger partial charge is 0.0836 e. The molecule has 56 valence electrons. The molecule has 0 saturated carbocycles. The number of fused-ring (bicyclic) bond motifs is 1. The van der Waals surface area contributed by atoms with E-state index in [4.69, 9.17) is 0 Å². The minimum atomic E-state index is 1.18. The average Bonchev–Trinajstić information content (AvgIpc) is 2.04. The summed E-state index contributed by atoms with van der Waals surface area (Å²) >= 11 is 3.47. The van der Waals surface area contributed by atoms with Gasteiger partial charge in [-0.25, -0.2) is 0 Å². The molecule has 2 rings (SSSR count). The van der Waals surface area contributed by atoms with Gasteiger partial charge in [0, 0.05) is 4.47 Å². The highest BCUT2D eigenvalue weighted by Crippen LogP contribution is 2.22. The fourth-order valence-electron chi connectivity index (χ4n) is 1.40. The summed E-state index contributed by atoms with van der Waals surface area (Å²) in [6.45, 7) is 0. The van der Waals surface area contributed by atoms with Crippen LogP contribution in [0.1, 0.15) is 17.5 Å². The van der Waals surface area contributed by atoms with Crippen LogP contribution in [0.25, 0.3) is 6.08 Å². The van der Waals surface area contributed by atoms with E-state index in [1.54, 1.807) is 0 Å². The Labute approximate surface area is 75.1 Å². The quantitative estimate of drug-likeness (QED) is 0.614. The van der Waals surface area contributed by atoms with Crippen LogP contribution in [0.4, 0.5) is 0 Å². The van der Waals surface area contributed by atoms with Crippen molar-refractivity contribution >= 4 is 22.0 Å². The molecule has 0 radical (unpaired) electrons. The molecular weight excluding hydrogens is 200 g/mol. The molecule has 1 aliphatic carbocycles. The lowest BCUT2D eigenvalue weighted by Gasteiger charge is -2.09. The van der Waals surface area contributed by atoms with Crippen molar-refractivity contribution in [1.29, 1.82) is 0 Å². The highest BCUT2D eigenvalue weighted by molar-refractivity contribution is 9.10. The van der Waals surface area contributed by atoms with E-state index in [-0.39, 0.29) is 0 Å². The molecule has 0 unspecified atom stereocenters. The molecule has 0 fully saturated rings. The zero-order valence-electron chi connectivity index (χ0n) is 6.18. The molecule has 0 N–H and O–H groups in total. The van der Waals surface area contributed by atoms with Gasteiger partial charge in [0.2, 0.25) is 0 Å². The van der Waals surface area contributed by atoms with Crippen molar-refractivity contribution in [3.8, 4) is 0 Å². The van der Waals surface area contributed by atoms with Crippen LogP contribution in [0.3, 0.4) is 0 Å². The van der Waals surface area contributed by atoms with Crippen molar-refractivity contribution in [2.24, 2.45) is 0 Å². The Morgan fingerprint density at radius 1 is 1.27 bits per heavy atom. The molecule has 0 atom stereocenters. The van der Waals surface area contributed by atoms with Gasteiger partial charge in [-0.1, -0.05) is 34.1 Å². The minimum absolute atomic E-state index is 1.18. The third kappa shape index (κ3) is 1.38. The van der Waals surface area contributed by atoms with Crippen LogP contribution in [0, 0.1) is 0 Å². The maximum Gasteiger partial charge on any atom is 0.0178 e. The normalized spacial score (nSPS) is 14.6. The van der Waals surface area contributed by atoms with Crippen molar-refractivity contribution in [2.45, 2.75) is 12.8 Å². The van der Waals surface area contributed by atoms with E-state index >= 15 is 0 Å². The van der Waals surface area contributed by atoms with Crippen molar-refractivity contribution in [1.82, 2.24) is 0 Å². The summed E-state index contributed by atoms with van der Waals surface area (Å²) in [6, 6.07) is 6.46. The molecule has 0 aliphatic heterocycles. The fraction of sp³-hybridized carbons (Fsp3) is 0.200. The summed E-state index contributed by atoms with van der Waals surface area (Å²) in [5.74, 6) is 0. The molecule has 0 aromatic heterocycles. The van der Waals surface area contributed by atoms with E-state index in [0.29, 0.717) is 0 Å². The van der Waals surface area contributed by atoms with Crippen LogP contribution < -0.4 is 0 Å². The summed E-state index contributed by atoms with van der Waals surface area (Å²) in [5.41, 5.74) is 2.83. The smallest absolute Gasteiger partial charge is 0.0178 e. The lowest BCUT2D eigenvalue weighted by atomic mass is 9.98. The summed E-state index contributed by atoms with van der Waals surface area (Å²) in [4.78, 5) is 0. The predicted molar refractivity (Wildman–Crippen MR) is 51.5 cm³/mol. The van der Waals surface area contributed by atoms with E-state index < -0.39 is 0 Å². The third-order valence-electron chi connectivity index (χ3n) is 1.98. The molecule has 0 heterocycles. The first-order chi connectivity index (χ1) is 5.36. The average molecular weight is 209 g/mol. The summed E-state index contributed by atoms with van der Waals surface area (Å²) in [7, 11) is 0. The highest BCUT2D eigenvalue weighted by Gasteiger charge is 2.02. The van der Waals surface area contributed by atoms with Crippen LogP contribution in [-0.4, -0.2) is 0 Å². The Hall–Kier alpha value is -0.560. The van der Waals surface area contributed by atoms with Crippen LogP contribution in [0.15, 0.2) is 28.7 Å². The lowest BCUT2D eigenvalue weighted by Crippen LogP contribution is -1.92. The number of halogens is 1. The zero-order valence-corrected chi connectivity index (χ0v) is 7.76. The molecule has 0 saturated heterocycles. The highest BCUT2D eigenvalue weighted by atomic mass is 79.9. The fourth-order valence-corrected chi connectivity index (χ4v) is 1.81. The predicted octanol–water partition coefficient (Wildman–Crippen LogP) is 3.41. The van der Waals surface area contributed by atoms with E-state index in [1.165, 1.54) is 28.4 Å². The Kier molecular flexibility index (Phi) is 1.82. The SMILES string of the molecule is Brc1ccc2c(c1)CCC=C2. The number of hydrogen-bond donors (Lipinski definition) is 0. The van der Waals surface area contributed by atoms with Gasteiger partial charge < -0.3 is 0 Å². The number of rotatable bonds is 0. The van der Waals surface area contributed by atoms with Crippen molar-refractivity contribution in [3.05, 3.63) is 39.9 Å². The van der Waals surface area contributed by atoms with Gasteiger partial charge in [-0.3, -0.25) is 0 Å². The minimum Gasteiger partial charge on any atom is -0.0836 e. The zero-order chi connectivity index (χ0) is 7.68. The molecule has 1 aromatic rings. The van der Waals surface area contributed by atoms with Gasteiger partial charge >= 0.3 is 0 Å². The second kappa shape index (κ2) is 2.82. The van der Waals surface area contributed by atoms with Gasteiger partial charge in [0.1, 0.15) is 0 Å². The summed E-state index contributed by atoms with van der Waals surface area (Å²) in [5, 5.41) is 0. The van der Waals surface area contributed by atoms with Gasteiger partial charge in [-0.15, -0.1) is 0 Å².